The third-order valence-electron chi connectivity index (χ3n) is 3.05. The first-order valence-electron chi connectivity index (χ1n) is 6.19. The maximum absolute atomic E-state index is 12.0. The molecule has 0 aliphatic carbocycles. The van der Waals surface area contributed by atoms with Gasteiger partial charge in [0.05, 0.1) is 13.0 Å². The van der Waals surface area contributed by atoms with Crippen LogP contribution in [0.5, 0.6) is 0 Å². The van der Waals surface area contributed by atoms with Crippen LogP contribution >= 0.6 is 0 Å². The molecule has 0 saturated carbocycles. The topological polar surface area (TPSA) is 43.4 Å². The lowest BCUT2D eigenvalue weighted by Gasteiger charge is -2.25. The molecule has 0 saturated heterocycles. The van der Waals surface area contributed by atoms with Gasteiger partial charge in [-0.1, -0.05) is 27.2 Å². The van der Waals surface area contributed by atoms with Crippen molar-refractivity contribution in [2.45, 2.75) is 59.8 Å². The van der Waals surface area contributed by atoms with E-state index in [0.717, 1.165) is 12.8 Å². The van der Waals surface area contributed by atoms with E-state index in [1.54, 1.807) is 6.92 Å². The summed E-state index contributed by atoms with van der Waals surface area (Å²) in [5, 5.41) is 0. The minimum Gasteiger partial charge on any atom is -0.466 e. The van der Waals surface area contributed by atoms with Crippen LogP contribution in [0.3, 0.4) is 0 Å². The van der Waals surface area contributed by atoms with Crippen molar-refractivity contribution in [2.75, 3.05) is 6.61 Å². The number of rotatable bonds is 8. The number of unbranched alkanes of at least 4 members (excludes halogenated alkanes) is 1. The first-order chi connectivity index (χ1) is 7.50. The van der Waals surface area contributed by atoms with E-state index in [2.05, 4.69) is 6.92 Å². The molecule has 3 heteroatoms. The van der Waals surface area contributed by atoms with E-state index >= 15 is 0 Å². The Labute approximate surface area is 98.6 Å². The third kappa shape index (κ3) is 4.77. The van der Waals surface area contributed by atoms with Gasteiger partial charge in [-0.2, -0.15) is 0 Å². The fraction of sp³-hybridized carbons (Fsp3) is 0.846. The van der Waals surface area contributed by atoms with Gasteiger partial charge in [-0.3, -0.25) is 9.59 Å². The molecule has 0 aliphatic rings. The SMILES string of the molecule is CCCCC(=O)C(C)(CC)CC(=O)OCC. The van der Waals surface area contributed by atoms with Crippen molar-refractivity contribution in [1.82, 2.24) is 0 Å². The Morgan fingerprint density at radius 3 is 2.25 bits per heavy atom. The first kappa shape index (κ1) is 15.1. The summed E-state index contributed by atoms with van der Waals surface area (Å²) in [6, 6.07) is 0. The van der Waals surface area contributed by atoms with E-state index in [-0.39, 0.29) is 18.2 Å². The van der Waals surface area contributed by atoms with Crippen LogP contribution in [0, 0.1) is 5.41 Å². The summed E-state index contributed by atoms with van der Waals surface area (Å²) >= 11 is 0. The zero-order valence-electron chi connectivity index (χ0n) is 11.0. The Hall–Kier alpha value is -0.860. The Morgan fingerprint density at radius 2 is 1.81 bits per heavy atom. The van der Waals surface area contributed by atoms with Crippen LogP contribution in [-0.2, 0) is 14.3 Å². The Morgan fingerprint density at radius 1 is 1.19 bits per heavy atom. The van der Waals surface area contributed by atoms with Crippen LogP contribution in [0.25, 0.3) is 0 Å². The van der Waals surface area contributed by atoms with Crippen molar-refractivity contribution in [3.63, 3.8) is 0 Å². The fourth-order valence-corrected chi connectivity index (χ4v) is 1.59. The number of esters is 1. The van der Waals surface area contributed by atoms with Crippen molar-refractivity contribution < 1.29 is 14.3 Å². The number of ketones is 1. The monoisotopic (exact) mass is 228 g/mol. The summed E-state index contributed by atoms with van der Waals surface area (Å²) in [6.07, 6.45) is 3.37. The van der Waals surface area contributed by atoms with Gasteiger partial charge in [0.25, 0.3) is 0 Å². The minimum absolute atomic E-state index is 0.185. The molecule has 1 unspecified atom stereocenters. The maximum Gasteiger partial charge on any atom is 0.306 e. The van der Waals surface area contributed by atoms with E-state index in [1.165, 1.54) is 0 Å². The van der Waals surface area contributed by atoms with Crippen LogP contribution in [-0.4, -0.2) is 18.4 Å². The molecular formula is C13H24O3. The third-order valence-corrected chi connectivity index (χ3v) is 3.05. The second-order valence-corrected chi connectivity index (χ2v) is 4.42. The molecule has 0 aromatic heterocycles. The van der Waals surface area contributed by atoms with Crippen LogP contribution in [0.15, 0.2) is 0 Å². The number of Topliss-reactive ketones (excluding diaryl/α,β-unsaturated/α-hetero) is 1. The average molecular weight is 228 g/mol. The quantitative estimate of drug-likeness (QED) is 0.599. The summed E-state index contributed by atoms with van der Waals surface area (Å²) in [5.74, 6) is -0.0819. The van der Waals surface area contributed by atoms with Gasteiger partial charge in [0.2, 0.25) is 0 Å². The number of hydrogen-bond acceptors (Lipinski definition) is 3. The molecular weight excluding hydrogens is 204 g/mol. The van der Waals surface area contributed by atoms with E-state index < -0.39 is 5.41 Å². The molecule has 16 heavy (non-hydrogen) atoms. The molecule has 0 rings (SSSR count). The van der Waals surface area contributed by atoms with Crippen molar-refractivity contribution >= 4 is 11.8 Å². The van der Waals surface area contributed by atoms with Gasteiger partial charge in [-0.25, -0.2) is 0 Å². The summed E-state index contributed by atoms with van der Waals surface area (Å²) in [4.78, 5) is 23.4. The van der Waals surface area contributed by atoms with Crippen molar-refractivity contribution in [3.05, 3.63) is 0 Å². The molecule has 0 spiro atoms. The van der Waals surface area contributed by atoms with Crippen molar-refractivity contribution in [1.29, 1.82) is 0 Å². The largest absolute Gasteiger partial charge is 0.466 e. The van der Waals surface area contributed by atoms with E-state index in [9.17, 15) is 9.59 Å². The maximum atomic E-state index is 12.0. The van der Waals surface area contributed by atoms with Gasteiger partial charge < -0.3 is 4.74 Å². The molecule has 0 amide bonds. The highest BCUT2D eigenvalue weighted by atomic mass is 16.5. The van der Waals surface area contributed by atoms with Crippen LogP contribution in [0.2, 0.25) is 0 Å². The lowest BCUT2D eigenvalue weighted by molar-refractivity contribution is -0.149. The highest BCUT2D eigenvalue weighted by Crippen LogP contribution is 2.29. The Kier molecular flexibility index (Phi) is 7.02. The molecule has 0 bridgehead atoms. The average Bonchev–Trinajstić information content (AvgIpc) is 2.25. The van der Waals surface area contributed by atoms with Crippen LogP contribution in [0.1, 0.15) is 59.8 Å². The lowest BCUT2D eigenvalue weighted by Crippen LogP contribution is -2.30. The molecule has 0 N–H and O–H groups in total. The predicted molar refractivity (Wildman–Crippen MR) is 64.2 cm³/mol. The zero-order chi connectivity index (χ0) is 12.6. The fourth-order valence-electron chi connectivity index (χ4n) is 1.59. The predicted octanol–water partition coefficient (Wildman–Crippen LogP) is 3.12. The van der Waals surface area contributed by atoms with Gasteiger partial charge in [0, 0.05) is 11.8 Å². The second kappa shape index (κ2) is 7.42. The Balaban J connectivity index is 4.39. The molecule has 3 nitrogen and oxygen atoms in total. The Bertz CT molecular complexity index is 235. The smallest absolute Gasteiger partial charge is 0.306 e. The van der Waals surface area contributed by atoms with Crippen LogP contribution < -0.4 is 0 Å². The highest BCUT2D eigenvalue weighted by molar-refractivity contribution is 5.88. The molecule has 94 valence electrons. The lowest BCUT2D eigenvalue weighted by atomic mass is 9.78. The molecule has 0 aliphatic heterocycles. The zero-order valence-corrected chi connectivity index (χ0v) is 11.0. The minimum atomic E-state index is -0.540. The van der Waals surface area contributed by atoms with Gasteiger partial charge in [0.1, 0.15) is 5.78 Å². The molecule has 1 atom stereocenters. The highest BCUT2D eigenvalue weighted by Gasteiger charge is 2.33. The normalized spacial score (nSPS) is 14.2. The molecule has 0 radical (unpaired) electrons. The number of carbonyl (C=O) groups is 2. The summed E-state index contributed by atoms with van der Waals surface area (Å²) in [6.45, 7) is 8.02. The molecule has 0 fully saturated rings. The number of carbonyl (C=O) groups excluding carboxylic acids is 2. The first-order valence-corrected chi connectivity index (χ1v) is 6.19. The van der Waals surface area contributed by atoms with Crippen molar-refractivity contribution in [3.8, 4) is 0 Å². The van der Waals surface area contributed by atoms with Crippen LogP contribution in [0.4, 0.5) is 0 Å². The standard InChI is InChI=1S/C13H24O3/c1-5-8-9-11(14)13(4,6-2)10-12(15)16-7-3/h5-10H2,1-4H3. The van der Waals surface area contributed by atoms with E-state index in [1.807, 2.05) is 13.8 Å². The number of hydrogen-bond donors (Lipinski definition) is 0. The number of ether oxygens (including phenoxy) is 1. The van der Waals surface area contributed by atoms with Gasteiger partial charge in [0.15, 0.2) is 0 Å². The molecule has 0 aromatic carbocycles. The summed E-state index contributed by atoms with van der Waals surface area (Å²) in [7, 11) is 0. The van der Waals surface area contributed by atoms with Gasteiger partial charge >= 0.3 is 5.97 Å². The second-order valence-electron chi connectivity index (χ2n) is 4.42. The van der Waals surface area contributed by atoms with E-state index in [4.69, 9.17) is 4.74 Å². The van der Waals surface area contributed by atoms with Crippen molar-refractivity contribution in [2.24, 2.45) is 5.41 Å². The molecule has 0 heterocycles. The molecule has 0 aromatic rings. The summed E-state index contributed by atoms with van der Waals surface area (Å²) in [5.41, 5.74) is -0.540. The van der Waals surface area contributed by atoms with Gasteiger partial charge in [-0.05, 0) is 19.8 Å². The van der Waals surface area contributed by atoms with Gasteiger partial charge in [-0.15, -0.1) is 0 Å². The summed E-state index contributed by atoms with van der Waals surface area (Å²) < 4.78 is 4.90. The van der Waals surface area contributed by atoms with E-state index in [0.29, 0.717) is 19.4 Å².